The van der Waals surface area contributed by atoms with Crippen LogP contribution in [0.15, 0.2) is 48.8 Å². The van der Waals surface area contributed by atoms with Crippen molar-refractivity contribution < 1.29 is 9.59 Å². The number of anilines is 1. The molecule has 2 aliphatic rings. The van der Waals surface area contributed by atoms with Crippen LogP contribution in [0.2, 0.25) is 0 Å². The Morgan fingerprint density at radius 2 is 1.90 bits per heavy atom. The van der Waals surface area contributed by atoms with Gasteiger partial charge < -0.3 is 15.1 Å². The molecule has 1 N–H and O–H groups in total. The Bertz CT molecular complexity index is 920. The number of carbonyl (C=O) groups is 2. The molecule has 1 saturated heterocycles. The van der Waals surface area contributed by atoms with Gasteiger partial charge in [-0.2, -0.15) is 0 Å². The molecule has 0 bridgehead atoms. The number of carbonyl (C=O) groups excluding carboxylic acids is 2. The third kappa shape index (κ3) is 4.89. The van der Waals surface area contributed by atoms with Crippen LogP contribution in [0, 0.1) is 11.3 Å². The minimum Gasteiger partial charge on any atom is -0.378 e. The number of aromatic nitrogens is 1. The maximum Gasteiger partial charge on any atom is 0.253 e. The van der Waals surface area contributed by atoms with Gasteiger partial charge in [0.2, 0.25) is 5.91 Å². The largest absolute Gasteiger partial charge is 0.378 e. The molecular weight excluding hydrogens is 388 g/mol. The number of nitrogens with zero attached hydrogens (tertiary/aromatic N) is 3. The molecule has 1 aromatic heterocycles. The van der Waals surface area contributed by atoms with Crippen molar-refractivity contribution in [3.8, 4) is 0 Å². The van der Waals surface area contributed by atoms with Gasteiger partial charge in [0.1, 0.15) is 0 Å². The molecule has 164 valence electrons. The summed E-state index contributed by atoms with van der Waals surface area (Å²) in [5, 5.41) is 3.12. The molecular formula is C25H32N4O2. The van der Waals surface area contributed by atoms with Crippen molar-refractivity contribution in [1.29, 1.82) is 0 Å². The minimum atomic E-state index is 0.0938. The average molecular weight is 421 g/mol. The van der Waals surface area contributed by atoms with E-state index in [2.05, 4.69) is 10.3 Å². The second-order valence-electron chi connectivity index (χ2n) is 9.11. The SMILES string of the molecule is CN(C)c1cccc(C(=O)N2CCC3(CC2)C[C@@H]3C(=O)NCCCc2ccncc2)c1. The van der Waals surface area contributed by atoms with E-state index < -0.39 is 0 Å². The summed E-state index contributed by atoms with van der Waals surface area (Å²) in [7, 11) is 3.96. The highest BCUT2D eigenvalue weighted by Crippen LogP contribution is 2.59. The van der Waals surface area contributed by atoms with E-state index in [9.17, 15) is 9.59 Å². The Hall–Kier alpha value is -2.89. The van der Waals surface area contributed by atoms with Crippen molar-refractivity contribution in [2.45, 2.75) is 32.1 Å². The van der Waals surface area contributed by atoms with E-state index in [-0.39, 0.29) is 23.1 Å². The zero-order chi connectivity index (χ0) is 21.8. The van der Waals surface area contributed by atoms with E-state index in [1.54, 1.807) is 12.4 Å². The summed E-state index contributed by atoms with van der Waals surface area (Å²) >= 11 is 0. The monoisotopic (exact) mass is 420 g/mol. The Balaban J connectivity index is 1.22. The number of hydrogen-bond acceptors (Lipinski definition) is 4. The first kappa shape index (κ1) is 21.3. The van der Waals surface area contributed by atoms with Crippen LogP contribution in [0.3, 0.4) is 0 Å². The summed E-state index contributed by atoms with van der Waals surface area (Å²) in [5.41, 5.74) is 3.13. The van der Waals surface area contributed by atoms with E-state index in [0.29, 0.717) is 6.54 Å². The smallest absolute Gasteiger partial charge is 0.253 e. The van der Waals surface area contributed by atoms with Gasteiger partial charge >= 0.3 is 0 Å². The number of aryl methyl sites for hydroxylation is 1. The molecule has 1 aliphatic carbocycles. The standard InChI is InChI=1S/C25H32N4O2/c1-28(2)21-7-3-6-20(17-21)24(31)29-15-10-25(11-16-29)18-22(25)23(30)27-12-4-5-19-8-13-26-14-9-19/h3,6-9,13-14,17,22H,4-5,10-12,15-16,18H2,1-2H3,(H,27,30)/t22-/m1/s1. The predicted octanol–water partition coefficient (Wildman–Crippen LogP) is 3.14. The van der Waals surface area contributed by atoms with E-state index in [1.165, 1.54) is 5.56 Å². The van der Waals surface area contributed by atoms with Crippen LogP contribution in [0.5, 0.6) is 0 Å². The van der Waals surface area contributed by atoms with Crippen molar-refractivity contribution in [1.82, 2.24) is 15.2 Å². The summed E-state index contributed by atoms with van der Waals surface area (Å²) in [5.74, 6) is 0.396. The number of benzene rings is 1. The summed E-state index contributed by atoms with van der Waals surface area (Å²) in [6, 6.07) is 11.8. The number of nitrogens with one attached hydrogen (secondary N) is 1. The average Bonchev–Trinajstić information content (AvgIpc) is 3.50. The number of pyridine rings is 1. The summed E-state index contributed by atoms with van der Waals surface area (Å²) in [6.45, 7) is 2.17. The molecule has 0 unspecified atom stereocenters. The third-order valence-electron chi connectivity index (χ3n) is 6.85. The first-order chi connectivity index (χ1) is 15.0. The molecule has 1 aliphatic heterocycles. The van der Waals surface area contributed by atoms with E-state index in [0.717, 1.165) is 56.4 Å². The van der Waals surface area contributed by atoms with Gasteiger partial charge in [0.05, 0.1) is 0 Å². The summed E-state index contributed by atoms with van der Waals surface area (Å²) < 4.78 is 0. The van der Waals surface area contributed by atoms with Gasteiger partial charge in [-0.1, -0.05) is 6.07 Å². The highest BCUT2D eigenvalue weighted by Gasteiger charge is 2.58. The lowest BCUT2D eigenvalue weighted by Crippen LogP contribution is -2.40. The lowest BCUT2D eigenvalue weighted by atomic mass is 9.90. The maximum atomic E-state index is 12.9. The van der Waals surface area contributed by atoms with Crippen molar-refractivity contribution >= 4 is 17.5 Å². The summed E-state index contributed by atoms with van der Waals surface area (Å²) in [6.07, 6.45) is 8.29. The van der Waals surface area contributed by atoms with E-state index >= 15 is 0 Å². The molecule has 1 spiro atoms. The molecule has 1 saturated carbocycles. The van der Waals surface area contributed by atoms with Crippen LogP contribution in [-0.2, 0) is 11.2 Å². The molecule has 6 nitrogen and oxygen atoms in total. The molecule has 4 rings (SSSR count). The van der Waals surface area contributed by atoms with Crippen molar-refractivity contribution in [3.63, 3.8) is 0 Å². The van der Waals surface area contributed by atoms with E-state index in [4.69, 9.17) is 0 Å². The number of hydrogen-bond donors (Lipinski definition) is 1. The van der Waals surface area contributed by atoms with Crippen LogP contribution >= 0.6 is 0 Å². The fraction of sp³-hybridized carbons (Fsp3) is 0.480. The second kappa shape index (κ2) is 9.08. The Morgan fingerprint density at radius 1 is 1.16 bits per heavy atom. The molecule has 2 aromatic rings. The second-order valence-corrected chi connectivity index (χ2v) is 9.11. The van der Waals surface area contributed by atoms with Crippen molar-refractivity contribution in [3.05, 3.63) is 59.9 Å². The minimum absolute atomic E-state index is 0.0938. The van der Waals surface area contributed by atoms with Gasteiger partial charge in [-0.05, 0) is 73.4 Å². The van der Waals surface area contributed by atoms with Gasteiger partial charge in [-0.3, -0.25) is 14.6 Å². The molecule has 0 radical (unpaired) electrons. The number of likely N-dealkylation sites (tertiary alicyclic amines) is 1. The summed E-state index contributed by atoms with van der Waals surface area (Å²) in [4.78, 5) is 33.5. The molecule has 2 amide bonds. The van der Waals surface area contributed by atoms with Gasteiger partial charge in [0.15, 0.2) is 0 Å². The molecule has 2 heterocycles. The highest BCUT2D eigenvalue weighted by molar-refractivity contribution is 5.95. The fourth-order valence-electron chi connectivity index (χ4n) is 4.70. The van der Waals surface area contributed by atoms with Crippen LogP contribution in [-0.4, -0.2) is 55.4 Å². The first-order valence-corrected chi connectivity index (χ1v) is 11.2. The predicted molar refractivity (Wildman–Crippen MR) is 122 cm³/mol. The zero-order valence-corrected chi connectivity index (χ0v) is 18.5. The quantitative estimate of drug-likeness (QED) is 0.699. The lowest BCUT2D eigenvalue weighted by Gasteiger charge is -2.33. The van der Waals surface area contributed by atoms with Crippen LogP contribution in [0.4, 0.5) is 5.69 Å². The molecule has 2 fully saturated rings. The molecule has 31 heavy (non-hydrogen) atoms. The van der Waals surface area contributed by atoms with Crippen molar-refractivity contribution in [2.24, 2.45) is 11.3 Å². The molecule has 1 aromatic carbocycles. The lowest BCUT2D eigenvalue weighted by molar-refractivity contribution is -0.123. The number of piperidine rings is 1. The highest BCUT2D eigenvalue weighted by atomic mass is 16.2. The van der Waals surface area contributed by atoms with E-state index in [1.807, 2.05) is 60.3 Å². The fourth-order valence-corrected chi connectivity index (χ4v) is 4.70. The van der Waals surface area contributed by atoms with Crippen LogP contribution < -0.4 is 10.2 Å². The van der Waals surface area contributed by atoms with Gasteiger partial charge in [-0.25, -0.2) is 0 Å². The first-order valence-electron chi connectivity index (χ1n) is 11.2. The van der Waals surface area contributed by atoms with Gasteiger partial charge in [0.25, 0.3) is 5.91 Å². The Morgan fingerprint density at radius 3 is 2.61 bits per heavy atom. The van der Waals surface area contributed by atoms with Gasteiger partial charge in [0, 0.05) is 63.3 Å². The molecule has 1 atom stereocenters. The number of rotatable bonds is 7. The number of amides is 2. The normalized spacial score (nSPS) is 19.2. The van der Waals surface area contributed by atoms with Gasteiger partial charge in [-0.15, -0.1) is 0 Å². The Kier molecular flexibility index (Phi) is 6.25. The topological polar surface area (TPSA) is 65.5 Å². The maximum absolute atomic E-state index is 12.9. The van der Waals surface area contributed by atoms with Crippen LogP contribution in [0.25, 0.3) is 0 Å². The Labute approximate surface area is 184 Å². The van der Waals surface area contributed by atoms with Crippen molar-refractivity contribution in [2.75, 3.05) is 38.6 Å². The van der Waals surface area contributed by atoms with Crippen LogP contribution in [0.1, 0.15) is 41.6 Å². The molecule has 6 heteroatoms. The third-order valence-corrected chi connectivity index (χ3v) is 6.85. The zero-order valence-electron chi connectivity index (χ0n) is 18.5.